The van der Waals surface area contributed by atoms with Gasteiger partial charge in [0, 0.05) is 37.9 Å². The number of halogens is 1. The van der Waals surface area contributed by atoms with Crippen LogP contribution in [0.3, 0.4) is 0 Å². The van der Waals surface area contributed by atoms with Gasteiger partial charge in [0.2, 0.25) is 5.91 Å². The number of nitrogens with two attached hydrogens (primary N) is 1. The maximum absolute atomic E-state index is 14.0. The molecule has 1 fully saturated rings. The Kier molecular flexibility index (Phi) is 4.52. The average molecular weight is 369 g/mol. The topological polar surface area (TPSA) is 58.8 Å². The number of carbonyl (C=O) groups is 1. The second-order valence-electron chi connectivity index (χ2n) is 7.38. The molecule has 0 spiro atoms. The highest BCUT2D eigenvalue weighted by Gasteiger charge is 2.43. The fourth-order valence-corrected chi connectivity index (χ4v) is 4.13. The molecule has 0 saturated carbocycles. The molecule has 4 rings (SSSR count). The molecule has 1 heterocycles. The Hall–Kier alpha value is -2.60. The average Bonchev–Trinajstić information content (AvgIpc) is 3.05. The summed E-state index contributed by atoms with van der Waals surface area (Å²) in [5, 5.41) is 0. The third-order valence-corrected chi connectivity index (χ3v) is 5.62. The van der Waals surface area contributed by atoms with Crippen LogP contribution in [0.15, 0.2) is 42.5 Å². The third-order valence-electron chi connectivity index (χ3n) is 5.62. The van der Waals surface area contributed by atoms with Crippen LogP contribution in [-0.2, 0) is 17.6 Å². The lowest BCUT2D eigenvalue weighted by Crippen LogP contribution is -2.60. The van der Waals surface area contributed by atoms with E-state index in [0.717, 1.165) is 5.69 Å². The minimum Gasteiger partial charge on any atom is -0.494 e. The van der Waals surface area contributed by atoms with Gasteiger partial charge in [-0.25, -0.2) is 4.39 Å². The van der Waals surface area contributed by atoms with E-state index in [1.807, 2.05) is 35.2 Å². The van der Waals surface area contributed by atoms with Crippen LogP contribution in [0, 0.1) is 5.82 Å². The SMILES string of the molecule is COc1ccc(N2CCN(C(=O)C3(N)Cc4ccccc4C3)CC2)cc1F. The number of anilines is 1. The molecule has 27 heavy (non-hydrogen) atoms. The van der Waals surface area contributed by atoms with Crippen molar-refractivity contribution in [2.75, 3.05) is 38.2 Å². The molecule has 5 nitrogen and oxygen atoms in total. The fraction of sp³-hybridized carbons (Fsp3) is 0.381. The zero-order valence-electron chi connectivity index (χ0n) is 15.5. The molecule has 1 amide bonds. The van der Waals surface area contributed by atoms with Gasteiger partial charge in [-0.1, -0.05) is 24.3 Å². The first-order valence-corrected chi connectivity index (χ1v) is 9.24. The van der Waals surface area contributed by atoms with Crippen LogP contribution >= 0.6 is 0 Å². The van der Waals surface area contributed by atoms with Gasteiger partial charge in [-0.2, -0.15) is 0 Å². The van der Waals surface area contributed by atoms with Gasteiger partial charge in [-0.15, -0.1) is 0 Å². The standard InChI is InChI=1S/C21H24FN3O2/c1-27-19-7-6-17(12-18(19)22)24-8-10-25(11-9-24)20(26)21(23)13-15-4-2-3-5-16(15)14-21/h2-7,12H,8-11,13-14,23H2,1H3. The van der Waals surface area contributed by atoms with Gasteiger partial charge in [0.15, 0.2) is 11.6 Å². The highest BCUT2D eigenvalue weighted by atomic mass is 19.1. The fourth-order valence-electron chi connectivity index (χ4n) is 4.13. The number of ether oxygens (including phenoxy) is 1. The number of hydrogen-bond acceptors (Lipinski definition) is 4. The Morgan fingerprint density at radius 3 is 2.26 bits per heavy atom. The monoisotopic (exact) mass is 369 g/mol. The van der Waals surface area contributed by atoms with Crippen molar-refractivity contribution >= 4 is 11.6 Å². The number of rotatable bonds is 3. The number of fused-ring (bicyclic) bond motifs is 1. The molecule has 1 aliphatic heterocycles. The summed E-state index contributed by atoms with van der Waals surface area (Å²) in [7, 11) is 1.45. The number of nitrogens with zero attached hydrogens (tertiary/aromatic N) is 2. The normalized spacial score (nSPS) is 18.3. The van der Waals surface area contributed by atoms with Crippen molar-refractivity contribution in [1.82, 2.24) is 4.90 Å². The van der Waals surface area contributed by atoms with E-state index in [1.54, 1.807) is 6.07 Å². The van der Waals surface area contributed by atoms with Crippen molar-refractivity contribution in [1.29, 1.82) is 0 Å². The van der Waals surface area contributed by atoms with E-state index < -0.39 is 5.54 Å². The van der Waals surface area contributed by atoms with Crippen molar-refractivity contribution in [2.45, 2.75) is 18.4 Å². The lowest BCUT2D eigenvalue weighted by Gasteiger charge is -2.39. The van der Waals surface area contributed by atoms with Crippen molar-refractivity contribution < 1.29 is 13.9 Å². The number of amides is 1. The van der Waals surface area contributed by atoms with E-state index in [4.69, 9.17) is 10.5 Å². The van der Waals surface area contributed by atoms with Crippen LogP contribution in [0.4, 0.5) is 10.1 Å². The van der Waals surface area contributed by atoms with Gasteiger partial charge < -0.3 is 20.3 Å². The molecule has 142 valence electrons. The van der Waals surface area contributed by atoms with Gasteiger partial charge in [0.05, 0.1) is 7.11 Å². The van der Waals surface area contributed by atoms with E-state index in [1.165, 1.54) is 24.3 Å². The van der Waals surface area contributed by atoms with E-state index in [-0.39, 0.29) is 17.5 Å². The van der Waals surface area contributed by atoms with E-state index in [0.29, 0.717) is 39.0 Å². The molecule has 2 N–H and O–H groups in total. The number of methoxy groups -OCH3 is 1. The molecule has 0 atom stereocenters. The third kappa shape index (κ3) is 3.25. The van der Waals surface area contributed by atoms with Crippen LogP contribution in [0.5, 0.6) is 5.75 Å². The zero-order valence-corrected chi connectivity index (χ0v) is 15.5. The highest BCUT2D eigenvalue weighted by molar-refractivity contribution is 5.88. The maximum Gasteiger partial charge on any atom is 0.243 e. The summed E-state index contributed by atoms with van der Waals surface area (Å²) < 4.78 is 18.9. The molecule has 2 aliphatic rings. The summed E-state index contributed by atoms with van der Waals surface area (Å²) in [5.74, 6) is -0.129. The largest absolute Gasteiger partial charge is 0.494 e. The van der Waals surface area contributed by atoms with E-state index in [2.05, 4.69) is 4.90 Å². The summed E-state index contributed by atoms with van der Waals surface area (Å²) in [5.41, 5.74) is 8.80. The summed E-state index contributed by atoms with van der Waals surface area (Å²) in [6.45, 7) is 2.48. The van der Waals surface area contributed by atoms with Crippen LogP contribution in [0.25, 0.3) is 0 Å². The number of piperazine rings is 1. The Balaban J connectivity index is 1.41. The molecule has 1 aliphatic carbocycles. The Bertz CT molecular complexity index is 837. The summed E-state index contributed by atoms with van der Waals surface area (Å²) >= 11 is 0. The summed E-state index contributed by atoms with van der Waals surface area (Å²) in [6, 6.07) is 13.0. The summed E-state index contributed by atoms with van der Waals surface area (Å²) in [6.07, 6.45) is 1.18. The molecule has 0 radical (unpaired) electrons. The molecule has 6 heteroatoms. The number of benzene rings is 2. The zero-order chi connectivity index (χ0) is 19.0. The molecular weight excluding hydrogens is 345 g/mol. The minimum absolute atomic E-state index is 0.0132. The van der Waals surface area contributed by atoms with Gasteiger partial charge in [0.25, 0.3) is 0 Å². The predicted molar refractivity (Wildman–Crippen MR) is 103 cm³/mol. The van der Waals surface area contributed by atoms with Crippen LogP contribution in [0.2, 0.25) is 0 Å². The van der Waals surface area contributed by atoms with Crippen molar-refractivity contribution in [2.24, 2.45) is 5.73 Å². The van der Waals surface area contributed by atoms with Crippen molar-refractivity contribution in [3.8, 4) is 5.75 Å². The van der Waals surface area contributed by atoms with Crippen LogP contribution in [-0.4, -0.2) is 49.6 Å². The predicted octanol–water partition coefficient (Wildman–Crippen LogP) is 1.98. The number of hydrogen-bond donors (Lipinski definition) is 1. The molecule has 0 bridgehead atoms. The minimum atomic E-state index is -0.849. The molecule has 0 unspecified atom stereocenters. The van der Waals surface area contributed by atoms with Crippen molar-refractivity contribution in [3.05, 3.63) is 59.4 Å². The van der Waals surface area contributed by atoms with Crippen molar-refractivity contribution in [3.63, 3.8) is 0 Å². The Morgan fingerprint density at radius 2 is 1.70 bits per heavy atom. The van der Waals surface area contributed by atoms with Gasteiger partial charge in [-0.05, 0) is 36.1 Å². The molecule has 2 aromatic rings. The van der Waals surface area contributed by atoms with Gasteiger partial charge in [-0.3, -0.25) is 4.79 Å². The van der Waals surface area contributed by atoms with Crippen LogP contribution in [0.1, 0.15) is 11.1 Å². The smallest absolute Gasteiger partial charge is 0.243 e. The first-order valence-electron chi connectivity index (χ1n) is 9.24. The lowest BCUT2D eigenvalue weighted by molar-refractivity contribution is -0.137. The first-order chi connectivity index (χ1) is 13.0. The summed E-state index contributed by atoms with van der Waals surface area (Å²) in [4.78, 5) is 17.0. The van der Waals surface area contributed by atoms with Gasteiger partial charge >= 0.3 is 0 Å². The molecule has 1 saturated heterocycles. The van der Waals surface area contributed by atoms with Crippen LogP contribution < -0.4 is 15.4 Å². The molecule has 0 aromatic heterocycles. The number of carbonyl (C=O) groups excluding carboxylic acids is 1. The second-order valence-corrected chi connectivity index (χ2v) is 7.38. The molecular formula is C21H24FN3O2. The van der Waals surface area contributed by atoms with E-state index >= 15 is 0 Å². The van der Waals surface area contributed by atoms with Gasteiger partial charge in [0.1, 0.15) is 5.54 Å². The first kappa shape index (κ1) is 17.8. The highest BCUT2D eigenvalue weighted by Crippen LogP contribution is 2.30. The maximum atomic E-state index is 14.0. The lowest BCUT2D eigenvalue weighted by atomic mass is 9.94. The Morgan fingerprint density at radius 1 is 1.07 bits per heavy atom. The van der Waals surface area contributed by atoms with E-state index in [9.17, 15) is 9.18 Å². The molecule has 2 aromatic carbocycles. The quantitative estimate of drug-likeness (QED) is 0.899. The second kappa shape index (κ2) is 6.85. The Labute approximate surface area is 158 Å².